The summed E-state index contributed by atoms with van der Waals surface area (Å²) in [4.78, 5) is 24.5. The zero-order valence-electron chi connectivity index (χ0n) is 13.6. The molecule has 5 heteroatoms. The van der Waals surface area contributed by atoms with Gasteiger partial charge in [-0.25, -0.2) is 0 Å². The fraction of sp³-hybridized carbons (Fsp3) is 0.263. The Morgan fingerprint density at radius 2 is 1.38 bits per heavy atom. The first-order valence-electron chi connectivity index (χ1n) is 7.88. The molecule has 2 amide bonds. The summed E-state index contributed by atoms with van der Waals surface area (Å²) in [6.07, 6.45) is 0.579. The van der Waals surface area contributed by atoms with Crippen LogP contribution in [0.2, 0.25) is 5.02 Å². The van der Waals surface area contributed by atoms with E-state index in [0.29, 0.717) is 17.1 Å². The van der Waals surface area contributed by atoms with E-state index in [1.807, 2.05) is 26.0 Å². The molecule has 2 aromatic rings. The van der Waals surface area contributed by atoms with Crippen LogP contribution in [-0.4, -0.2) is 11.8 Å². The minimum Gasteiger partial charge on any atom is -0.326 e. The summed E-state index contributed by atoms with van der Waals surface area (Å²) in [5.74, 6) is -0.765. The Bertz CT molecular complexity index is 766. The third-order valence-corrected chi connectivity index (χ3v) is 4.32. The lowest BCUT2D eigenvalue weighted by Crippen LogP contribution is -2.20. The SMILES string of the molecule is Cc1cc(C)cc(NC(=O)C2CC2C(=O)Nc2ccc(Cl)cc2)c1. The summed E-state index contributed by atoms with van der Waals surface area (Å²) in [5, 5.41) is 6.34. The van der Waals surface area contributed by atoms with Crippen molar-refractivity contribution >= 4 is 34.8 Å². The molecule has 0 aliphatic heterocycles. The van der Waals surface area contributed by atoms with Gasteiger partial charge < -0.3 is 10.6 Å². The van der Waals surface area contributed by atoms with E-state index in [9.17, 15) is 9.59 Å². The summed E-state index contributed by atoms with van der Waals surface area (Å²) in [6.45, 7) is 3.98. The zero-order valence-corrected chi connectivity index (χ0v) is 14.4. The number of benzene rings is 2. The molecular formula is C19H19ClN2O2. The van der Waals surface area contributed by atoms with Crippen molar-refractivity contribution in [1.82, 2.24) is 0 Å². The molecule has 3 rings (SSSR count). The van der Waals surface area contributed by atoms with Crippen molar-refractivity contribution in [2.24, 2.45) is 11.8 Å². The normalized spacial score (nSPS) is 18.8. The Labute approximate surface area is 146 Å². The minimum absolute atomic E-state index is 0.101. The summed E-state index contributed by atoms with van der Waals surface area (Å²) < 4.78 is 0. The molecule has 0 heterocycles. The Balaban J connectivity index is 1.56. The maximum absolute atomic E-state index is 12.3. The van der Waals surface area contributed by atoms with Crippen molar-refractivity contribution in [2.75, 3.05) is 10.6 Å². The Hall–Kier alpha value is -2.33. The van der Waals surface area contributed by atoms with Crippen LogP contribution in [0, 0.1) is 25.7 Å². The van der Waals surface area contributed by atoms with Crippen molar-refractivity contribution in [2.45, 2.75) is 20.3 Å². The van der Waals surface area contributed by atoms with Gasteiger partial charge in [-0.15, -0.1) is 0 Å². The molecule has 124 valence electrons. The summed E-state index contributed by atoms with van der Waals surface area (Å²) in [7, 11) is 0. The molecule has 0 aromatic heterocycles. The van der Waals surface area contributed by atoms with Crippen LogP contribution in [0.4, 0.5) is 11.4 Å². The number of carbonyl (C=O) groups is 2. The monoisotopic (exact) mass is 342 g/mol. The van der Waals surface area contributed by atoms with Crippen molar-refractivity contribution in [3.63, 3.8) is 0 Å². The number of aryl methyl sites for hydroxylation is 2. The Kier molecular flexibility index (Phi) is 4.58. The van der Waals surface area contributed by atoms with Crippen LogP contribution in [0.3, 0.4) is 0 Å². The van der Waals surface area contributed by atoms with E-state index in [-0.39, 0.29) is 23.7 Å². The molecule has 0 saturated heterocycles. The van der Waals surface area contributed by atoms with E-state index in [1.54, 1.807) is 24.3 Å². The molecule has 1 aliphatic carbocycles. The lowest BCUT2D eigenvalue weighted by Gasteiger charge is -2.08. The minimum atomic E-state index is -0.272. The molecule has 1 aliphatic rings. The standard InChI is InChI=1S/C19H19ClN2O2/c1-11-7-12(2)9-15(8-11)22-19(24)17-10-16(17)18(23)21-14-5-3-13(20)4-6-14/h3-9,16-17H,10H2,1-2H3,(H,21,23)(H,22,24). The highest BCUT2D eigenvalue weighted by molar-refractivity contribution is 6.30. The van der Waals surface area contributed by atoms with Crippen LogP contribution in [0.5, 0.6) is 0 Å². The van der Waals surface area contributed by atoms with Gasteiger partial charge in [-0.3, -0.25) is 9.59 Å². The predicted octanol–water partition coefficient (Wildman–Crippen LogP) is 4.17. The van der Waals surface area contributed by atoms with Gasteiger partial charge >= 0.3 is 0 Å². The third-order valence-electron chi connectivity index (χ3n) is 4.06. The number of hydrogen-bond donors (Lipinski definition) is 2. The first kappa shape index (κ1) is 16.5. The maximum atomic E-state index is 12.3. The average molecular weight is 343 g/mol. The van der Waals surface area contributed by atoms with Crippen LogP contribution < -0.4 is 10.6 Å². The number of anilines is 2. The Morgan fingerprint density at radius 1 is 0.875 bits per heavy atom. The van der Waals surface area contributed by atoms with Gasteiger partial charge in [-0.2, -0.15) is 0 Å². The van der Waals surface area contributed by atoms with Gasteiger partial charge in [-0.05, 0) is 67.8 Å². The van der Waals surface area contributed by atoms with Crippen molar-refractivity contribution in [1.29, 1.82) is 0 Å². The highest BCUT2D eigenvalue weighted by atomic mass is 35.5. The molecule has 2 unspecified atom stereocenters. The largest absolute Gasteiger partial charge is 0.326 e. The topological polar surface area (TPSA) is 58.2 Å². The second-order valence-electron chi connectivity index (χ2n) is 6.31. The number of halogens is 1. The van der Waals surface area contributed by atoms with E-state index >= 15 is 0 Å². The second-order valence-corrected chi connectivity index (χ2v) is 6.75. The molecule has 24 heavy (non-hydrogen) atoms. The number of carbonyl (C=O) groups excluding carboxylic acids is 2. The summed E-state index contributed by atoms with van der Waals surface area (Å²) >= 11 is 5.82. The molecule has 0 bridgehead atoms. The van der Waals surface area contributed by atoms with Crippen LogP contribution in [0.15, 0.2) is 42.5 Å². The molecule has 2 atom stereocenters. The smallest absolute Gasteiger partial charge is 0.228 e. The van der Waals surface area contributed by atoms with Gasteiger partial charge in [0.15, 0.2) is 0 Å². The van der Waals surface area contributed by atoms with Gasteiger partial charge in [-0.1, -0.05) is 17.7 Å². The van der Waals surface area contributed by atoms with Crippen molar-refractivity contribution < 1.29 is 9.59 Å². The van der Waals surface area contributed by atoms with E-state index in [4.69, 9.17) is 11.6 Å². The lowest BCUT2D eigenvalue weighted by atomic mass is 10.1. The maximum Gasteiger partial charge on any atom is 0.228 e. The molecule has 2 N–H and O–H groups in total. The molecule has 1 fully saturated rings. The molecule has 2 aromatic carbocycles. The van der Waals surface area contributed by atoms with Gasteiger partial charge in [0.25, 0.3) is 0 Å². The van der Waals surface area contributed by atoms with Gasteiger partial charge in [0, 0.05) is 16.4 Å². The van der Waals surface area contributed by atoms with E-state index in [0.717, 1.165) is 16.8 Å². The number of rotatable bonds is 4. The highest BCUT2D eigenvalue weighted by Crippen LogP contribution is 2.40. The van der Waals surface area contributed by atoms with Gasteiger partial charge in [0.2, 0.25) is 11.8 Å². The molecular weight excluding hydrogens is 324 g/mol. The molecule has 0 radical (unpaired) electrons. The first-order chi connectivity index (χ1) is 11.4. The zero-order chi connectivity index (χ0) is 17.3. The molecule has 1 saturated carbocycles. The first-order valence-corrected chi connectivity index (χ1v) is 8.26. The number of nitrogens with one attached hydrogen (secondary N) is 2. The number of amides is 2. The summed E-state index contributed by atoms with van der Waals surface area (Å²) in [5.41, 5.74) is 3.65. The fourth-order valence-electron chi connectivity index (χ4n) is 2.82. The number of hydrogen-bond acceptors (Lipinski definition) is 2. The predicted molar refractivity (Wildman–Crippen MR) is 96.2 cm³/mol. The third kappa shape index (κ3) is 3.95. The van der Waals surface area contributed by atoms with Crippen molar-refractivity contribution in [3.05, 3.63) is 58.6 Å². The average Bonchev–Trinajstić information content (AvgIpc) is 3.29. The van der Waals surface area contributed by atoms with Gasteiger partial charge in [0.1, 0.15) is 0 Å². The van der Waals surface area contributed by atoms with Crippen LogP contribution >= 0.6 is 11.6 Å². The van der Waals surface area contributed by atoms with Gasteiger partial charge in [0.05, 0.1) is 11.8 Å². The quantitative estimate of drug-likeness (QED) is 0.876. The van der Waals surface area contributed by atoms with E-state index in [2.05, 4.69) is 16.7 Å². The molecule has 0 spiro atoms. The lowest BCUT2D eigenvalue weighted by molar-refractivity contribution is -0.122. The van der Waals surface area contributed by atoms with E-state index in [1.165, 1.54) is 0 Å². The second kappa shape index (κ2) is 6.65. The van der Waals surface area contributed by atoms with Crippen LogP contribution in [0.1, 0.15) is 17.5 Å². The van der Waals surface area contributed by atoms with E-state index < -0.39 is 0 Å². The highest BCUT2D eigenvalue weighted by Gasteiger charge is 2.48. The summed E-state index contributed by atoms with van der Waals surface area (Å²) in [6, 6.07) is 12.8. The van der Waals surface area contributed by atoms with Crippen LogP contribution in [-0.2, 0) is 9.59 Å². The molecule has 4 nitrogen and oxygen atoms in total. The van der Waals surface area contributed by atoms with Crippen LogP contribution in [0.25, 0.3) is 0 Å². The fourth-order valence-corrected chi connectivity index (χ4v) is 2.95. The Morgan fingerprint density at radius 3 is 1.92 bits per heavy atom. The van der Waals surface area contributed by atoms with Crippen molar-refractivity contribution in [3.8, 4) is 0 Å².